The van der Waals surface area contributed by atoms with Crippen LogP contribution in [0.1, 0.15) is 28.8 Å². The monoisotopic (exact) mass is 334 g/mol. The minimum absolute atomic E-state index is 0.287. The van der Waals surface area contributed by atoms with Gasteiger partial charge in [-0.05, 0) is 61.6 Å². The number of rotatable bonds is 5. The van der Waals surface area contributed by atoms with Crippen LogP contribution in [0.3, 0.4) is 0 Å². The number of aromatic nitrogens is 2. The molecule has 0 saturated heterocycles. The lowest BCUT2D eigenvalue weighted by Gasteiger charge is -2.04. The smallest absolute Gasteiger partial charge is 0.338 e. The molecule has 0 amide bonds. The van der Waals surface area contributed by atoms with Crippen LogP contribution in [0.2, 0.25) is 0 Å². The number of esters is 1. The van der Waals surface area contributed by atoms with Crippen LogP contribution in [0.15, 0.2) is 52.9 Å². The summed E-state index contributed by atoms with van der Waals surface area (Å²) in [7, 11) is 0. The molecule has 3 aromatic rings. The second kappa shape index (κ2) is 6.51. The highest BCUT2D eigenvalue weighted by molar-refractivity contribution is 5.89. The first-order valence-corrected chi connectivity index (χ1v) is 8.38. The van der Waals surface area contributed by atoms with Gasteiger partial charge < -0.3 is 9.15 Å². The summed E-state index contributed by atoms with van der Waals surface area (Å²) in [4.78, 5) is 12.0. The van der Waals surface area contributed by atoms with Crippen molar-refractivity contribution in [3.8, 4) is 22.9 Å². The molecule has 0 spiro atoms. The molecule has 25 heavy (non-hydrogen) atoms. The van der Waals surface area contributed by atoms with E-state index in [4.69, 9.17) is 9.15 Å². The molecule has 1 fully saturated rings. The van der Waals surface area contributed by atoms with Crippen molar-refractivity contribution in [1.82, 2.24) is 10.2 Å². The summed E-state index contributed by atoms with van der Waals surface area (Å²) >= 11 is 0. The first kappa shape index (κ1) is 15.6. The van der Waals surface area contributed by atoms with Crippen LogP contribution in [0.5, 0.6) is 0 Å². The summed E-state index contributed by atoms with van der Waals surface area (Å²) in [5.74, 6) is 1.18. The summed E-state index contributed by atoms with van der Waals surface area (Å²) in [6.45, 7) is 2.52. The predicted octanol–water partition coefficient (Wildman–Crippen LogP) is 4.28. The first-order valence-electron chi connectivity index (χ1n) is 8.38. The third-order valence-corrected chi connectivity index (χ3v) is 4.32. The largest absolute Gasteiger partial charge is 0.462 e. The van der Waals surface area contributed by atoms with E-state index in [1.807, 2.05) is 31.2 Å². The van der Waals surface area contributed by atoms with E-state index >= 15 is 0 Å². The Labute approximate surface area is 145 Å². The van der Waals surface area contributed by atoms with Crippen LogP contribution < -0.4 is 0 Å². The average molecular weight is 334 g/mol. The zero-order valence-corrected chi connectivity index (χ0v) is 13.9. The van der Waals surface area contributed by atoms with Gasteiger partial charge in [-0.2, -0.15) is 0 Å². The second-order valence-corrected chi connectivity index (χ2v) is 6.35. The number of aryl methyl sites for hydroxylation is 1. The van der Waals surface area contributed by atoms with Gasteiger partial charge >= 0.3 is 5.97 Å². The van der Waals surface area contributed by atoms with Gasteiger partial charge in [-0.25, -0.2) is 4.79 Å². The van der Waals surface area contributed by atoms with Gasteiger partial charge in [0, 0.05) is 11.1 Å². The molecule has 5 nitrogen and oxygen atoms in total. The van der Waals surface area contributed by atoms with Crippen molar-refractivity contribution < 1.29 is 13.9 Å². The zero-order valence-electron chi connectivity index (χ0n) is 13.9. The fraction of sp³-hybridized carbons (Fsp3) is 0.250. The number of ether oxygens (including phenoxy) is 1. The van der Waals surface area contributed by atoms with Crippen molar-refractivity contribution in [3.05, 3.63) is 59.7 Å². The molecule has 1 aliphatic carbocycles. The highest BCUT2D eigenvalue weighted by Gasteiger charge is 2.23. The SMILES string of the molecule is Cc1ccccc1-c1nnc(-c2ccc(C(=O)OCC3CC3)cc2)o1. The second-order valence-electron chi connectivity index (χ2n) is 6.35. The Kier molecular flexibility index (Phi) is 4.06. The number of benzene rings is 2. The number of carbonyl (C=O) groups is 1. The lowest BCUT2D eigenvalue weighted by atomic mass is 10.1. The van der Waals surface area contributed by atoms with Crippen molar-refractivity contribution in [1.29, 1.82) is 0 Å². The van der Waals surface area contributed by atoms with E-state index < -0.39 is 0 Å². The highest BCUT2D eigenvalue weighted by atomic mass is 16.5. The molecule has 0 bridgehead atoms. The van der Waals surface area contributed by atoms with E-state index in [1.54, 1.807) is 24.3 Å². The molecule has 4 rings (SSSR count). The Bertz CT molecular complexity index is 895. The number of hydrogen-bond donors (Lipinski definition) is 0. The van der Waals surface area contributed by atoms with Crippen LogP contribution in [0.25, 0.3) is 22.9 Å². The lowest BCUT2D eigenvalue weighted by molar-refractivity contribution is 0.0486. The molecule has 1 heterocycles. The summed E-state index contributed by atoms with van der Waals surface area (Å²) in [5.41, 5.74) is 3.29. The molecule has 1 saturated carbocycles. The maximum absolute atomic E-state index is 12.0. The standard InChI is InChI=1S/C20H18N2O3/c1-13-4-2-3-5-17(13)19-22-21-18(25-19)15-8-10-16(11-9-15)20(23)24-12-14-6-7-14/h2-5,8-11,14H,6-7,12H2,1H3. The van der Waals surface area contributed by atoms with E-state index in [1.165, 1.54) is 0 Å². The number of nitrogens with zero attached hydrogens (tertiary/aromatic N) is 2. The van der Waals surface area contributed by atoms with Gasteiger partial charge in [0.25, 0.3) is 0 Å². The van der Waals surface area contributed by atoms with Gasteiger partial charge in [0.05, 0.1) is 12.2 Å². The van der Waals surface area contributed by atoms with Gasteiger partial charge in [0.2, 0.25) is 11.8 Å². The Balaban J connectivity index is 1.50. The molecule has 0 unspecified atom stereocenters. The predicted molar refractivity (Wildman–Crippen MR) is 92.9 cm³/mol. The molecular weight excluding hydrogens is 316 g/mol. The van der Waals surface area contributed by atoms with Gasteiger partial charge in [0.15, 0.2) is 0 Å². The molecule has 1 aliphatic rings. The summed E-state index contributed by atoms with van der Waals surface area (Å²) in [6.07, 6.45) is 2.32. The van der Waals surface area contributed by atoms with Crippen LogP contribution in [-0.4, -0.2) is 22.8 Å². The van der Waals surface area contributed by atoms with Crippen LogP contribution in [-0.2, 0) is 4.74 Å². The molecular formula is C20H18N2O3. The highest BCUT2D eigenvalue weighted by Crippen LogP contribution is 2.29. The van der Waals surface area contributed by atoms with E-state index in [0.29, 0.717) is 29.9 Å². The Morgan fingerprint density at radius 1 is 1.08 bits per heavy atom. The van der Waals surface area contributed by atoms with Crippen molar-refractivity contribution in [2.24, 2.45) is 5.92 Å². The fourth-order valence-electron chi connectivity index (χ4n) is 2.57. The summed E-state index contributed by atoms with van der Waals surface area (Å²) in [5, 5.41) is 8.24. The minimum atomic E-state index is -0.287. The van der Waals surface area contributed by atoms with Crippen LogP contribution in [0.4, 0.5) is 0 Å². The lowest BCUT2D eigenvalue weighted by Crippen LogP contribution is -2.07. The third-order valence-electron chi connectivity index (χ3n) is 4.32. The molecule has 0 atom stereocenters. The van der Waals surface area contributed by atoms with Crippen LogP contribution in [0, 0.1) is 12.8 Å². The first-order chi connectivity index (χ1) is 12.2. The van der Waals surface area contributed by atoms with Gasteiger partial charge in [0.1, 0.15) is 0 Å². The van der Waals surface area contributed by atoms with Crippen molar-refractivity contribution in [3.63, 3.8) is 0 Å². The van der Waals surface area contributed by atoms with Crippen molar-refractivity contribution in [2.75, 3.05) is 6.61 Å². The van der Waals surface area contributed by atoms with Gasteiger partial charge in [-0.15, -0.1) is 10.2 Å². The Hall–Kier alpha value is -2.95. The topological polar surface area (TPSA) is 65.2 Å². The van der Waals surface area contributed by atoms with Crippen molar-refractivity contribution in [2.45, 2.75) is 19.8 Å². The van der Waals surface area contributed by atoms with Crippen LogP contribution >= 0.6 is 0 Å². The quantitative estimate of drug-likeness (QED) is 0.652. The van der Waals surface area contributed by atoms with E-state index in [9.17, 15) is 4.79 Å². The van der Waals surface area contributed by atoms with Crippen molar-refractivity contribution >= 4 is 5.97 Å². The molecule has 126 valence electrons. The number of hydrogen-bond acceptors (Lipinski definition) is 5. The molecule has 0 aliphatic heterocycles. The molecule has 0 N–H and O–H groups in total. The zero-order chi connectivity index (χ0) is 17.2. The van der Waals surface area contributed by atoms with E-state index in [2.05, 4.69) is 10.2 Å². The molecule has 0 radical (unpaired) electrons. The number of carbonyl (C=O) groups excluding carboxylic acids is 1. The van der Waals surface area contributed by atoms with E-state index in [-0.39, 0.29) is 5.97 Å². The van der Waals surface area contributed by atoms with Gasteiger partial charge in [-0.1, -0.05) is 18.2 Å². The molecule has 1 aromatic heterocycles. The maximum atomic E-state index is 12.0. The molecule has 2 aromatic carbocycles. The fourth-order valence-corrected chi connectivity index (χ4v) is 2.57. The van der Waals surface area contributed by atoms with E-state index in [0.717, 1.165) is 29.5 Å². The molecule has 5 heteroatoms. The third kappa shape index (κ3) is 3.45. The Morgan fingerprint density at radius 3 is 2.52 bits per heavy atom. The summed E-state index contributed by atoms with van der Waals surface area (Å²) < 4.78 is 11.1. The summed E-state index contributed by atoms with van der Waals surface area (Å²) in [6, 6.07) is 14.9. The minimum Gasteiger partial charge on any atom is -0.462 e. The normalized spacial score (nSPS) is 13.6. The maximum Gasteiger partial charge on any atom is 0.338 e. The average Bonchev–Trinajstić information content (AvgIpc) is 3.35. The Morgan fingerprint density at radius 2 is 1.80 bits per heavy atom. The van der Waals surface area contributed by atoms with Gasteiger partial charge in [-0.3, -0.25) is 0 Å².